The van der Waals surface area contributed by atoms with Gasteiger partial charge >= 0.3 is 27.1 Å². The maximum atomic E-state index is 13.1. The van der Waals surface area contributed by atoms with Crippen molar-refractivity contribution in [2.75, 3.05) is 10.5 Å². The van der Waals surface area contributed by atoms with E-state index in [0.717, 1.165) is 23.6 Å². The largest absolute Gasteiger partial charge is 0.427 e. The van der Waals surface area contributed by atoms with E-state index in [0.29, 0.717) is 24.2 Å². The lowest BCUT2D eigenvalue weighted by molar-refractivity contribution is -0.132. The summed E-state index contributed by atoms with van der Waals surface area (Å²) in [6.07, 6.45) is 0.310. The highest BCUT2D eigenvalue weighted by atomic mass is 32.2. The van der Waals surface area contributed by atoms with Crippen molar-refractivity contribution in [3.63, 3.8) is 0 Å². The van der Waals surface area contributed by atoms with Crippen molar-refractivity contribution in [3.8, 4) is 11.5 Å². The molecule has 2 rings (SSSR count). The van der Waals surface area contributed by atoms with Crippen LogP contribution in [0.25, 0.3) is 0 Å². The van der Waals surface area contributed by atoms with Gasteiger partial charge in [0.15, 0.2) is 11.1 Å². The summed E-state index contributed by atoms with van der Waals surface area (Å²) in [5.41, 5.74) is 2.99. The molecule has 13 nitrogen and oxygen atoms in total. The Kier molecular flexibility index (Phi) is 12.3. The second-order valence-electron chi connectivity index (χ2n) is 10.3. The topological polar surface area (TPSA) is 214 Å². The molecule has 0 amide bonds. The molecule has 0 aliphatic carbocycles. The van der Waals surface area contributed by atoms with Crippen LogP contribution in [0.3, 0.4) is 0 Å². The number of sulfonamides is 1. The smallest absolute Gasteiger partial charge is 0.340 e. The zero-order valence-corrected chi connectivity index (χ0v) is 27.4. The van der Waals surface area contributed by atoms with Gasteiger partial charge in [-0.05, 0) is 85.4 Å². The molecule has 0 saturated carbocycles. The van der Waals surface area contributed by atoms with E-state index in [-0.39, 0.29) is 23.3 Å². The highest BCUT2D eigenvalue weighted by molar-refractivity contribution is 7.92. The fourth-order valence-corrected chi connectivity index (χ4v) is 9.27. The number of nitrogens with one attached hydrogen (secondary N) is 1. The van der Waals surface area contributed by atoms with Crippen molar-refractivity contribution in [2.45, 2.75) is 78.0 Å². The number of hydrogen-bond acceptors (Lipinski definition) is 8. The van der Waals surface area contributed by atoms with E-state index in [1.54, 1.807) is 25.1 Å². The molecule has 0 saturated heterocycles. The first-order valence-corrected chi connectivity index (χ1v) is 18.4. The van der Waals surface area contributed by atoms with Crippen molar-refractivity contribution >= 4 is 42.8 Å². The lowest BCUT2D eigenvalue weighted by Gasteiger charge is -2.30. The molecular weight excluding hydrogens is 624 g/mol. The molecule has 240 valence electrons. The SMILES string of the molecule is CCC(c1ccc(OC(C)=O)cc1C)C(CC)c1ccc(OC(C)=O)c(NS(=O)(=O)CCC(P(=O)(O)O)P(=O)(O)O)c1C. The maximum Gasteiger partial charge on any atom is 0.340 e. The van der Waals surface area contributed by atoms with Crippen LogP contribution in [0.1, 0.15) is 81.0 Å². The van der Waals surface area contributed by atoms with E-state index in [9.17, 15) is 46.7 Å². The number of ether oxygens (including phenoxy) is 2. The minimum absolute atomic E-state index is 0.0497. The average molecular weight is 664 g/mol. The third kappa shape index (κ3) is 9.97. The molecule has 16 heteroatoms. The summed E-state index contributed by atoms with van der Waals surface area (Å²) in [6, 6.07) is 8.54. The van der Waals surface area contributed by atoms with Crippen LogP contribution in [-0.2, 0) is 28.7 Å². The number of rotatable bonds is 14. The van der Waals surface area contributed by atoms with Crippen LogP contribution in [0, 0.1) is 13.8 Å². The number of aryl methyl sites for hydroxylation is 1. The van der Waals surface area contributed by atoms with Gasteiger partial charge in [0.05, 0.1) is 11.4 Å². The van der Waals surface area contributed by atoms with E-state index in [4.69, 9.17) is 9.47 Å². The first-order valence-electron chi connectivity index (χ1n) is 13.4. The number of carbonyl (C=O) groups is 2. The summed E-state index contributed by atoms with van der Waals surface area (Å²) in [4.78, 5) is 60.7. The molecule has 0 aromatic heterocycles. The minimum atomic E-state index is -5.34. The Morgan fingerprint density at radius 1 is 0.860 bits per heavy atom. The number of esters is 2. The Bertz CT molecular complexity index is 1530. The summed E-state index contributed by atoms with van der Waals surface area (Å²) < 4.78 is 62.2. The van der Waals surface area contributed by atoms with Crippen LogP contribution >= 0.6 is 15.2 Å². The molecule has 0 aliphatic heterocycles. The van der Waals surface area contributed by atoms with E-state index in [2.05, 4.69) is 4.72 Å². The maximum absolute atomic E-state index is 13.1. The van der Waals surface area contributed by atoms with E-state index >= 15 is 0 Å². The lowest BCUT2D eigenvalue weighted by Crippen LogP contribution is -2.23. The van der Waals surface area contributed by atoms with Crippen LogP contribution in [0.5, 0.6) is 11.5 Å². The summed E-state index contributed by atoms with van der Waals surface area (Å²) in [5, 5.41) is -2.50. The number of carbonyl (C=O) groups excluding carboxylic acids is 2. The van der Waals surface area contributed by atoms with Gasteiger partial charge in [0, 0.05) is 13.8 Å². The summed E-state index contributed by atoms with van der Waals surface area (Å²) in [6.45, 7) is 9.97. The third-order valence-corrected chi connectivity index (χ3v) is 12.2. The second kappa shape index (κ2) is 14.5. The minimum Gasteiger partial charge on any atom is -0.427 e. The highest BCUT2D eigenvalue weighted by Crippen LogP contribution is 2.61. The van der Waals surface area contributed by atoms with Crippen molar-refractivity contribution in [1.29, 1.82) is 0 Å². The van der Waals surface area contributed by atoms with Crippen molar-refractivity contribution in [3.05, 3.63) is 52.6 Å². The molecule has 43 heavy (non-hydrogen) atoms. The molecule has 0 aliphatic rings. The zero-order valence-electron chi connectivity index (χ0n) is 24.8. The Balaban J connectivity index is 2.57. The predicted molar refractivity (Wildman–Crippen MR) is 161 cm³/mol. The van der Waals surface area contributed by atoms with Crippen LogP contribution in [0.4, 0.5) is 5.69 Å². The summed E-state index contributed by atoms with van der Waals surface area (Å²) in [7, 11) is -15.1. The number of anilines is 1. The summed E-state index contributed by atoms with van der Waals surface area (Å²) in [5.74, 6) is -2.09. The van der Waals surface area contributed by atoms with Crippen molar-refractivity contribution < 1.29 is 56.2 Å². The average Bonchev–Trinajstić information content (AvgIpc) is 2.83. The Morgan fingerprint density at radius 3 is 1.84 bits per heavy atom. The Morgan fingerprint density at radius 2 is 1.37 bits per heavy atom. The first-order chi connectivity index (χ1) is 19.7. The van der Waals surface area contributed by atoms with Gasteiger partial charge in [0.25, 0.3) is 0 Å². The fourth-order valence-electron chi connectivity index (χ4n) is 5.21. The van der Waals surface area contributed by atoms with Gasteiger partial charge in [-0.15, -0.1) is 0 Å². The number of hydrogen-bond donors (Lipinski definition) is 5. The molecule has 0 radical (unpaired) electrons. The molecular formula is C27H39NO12P2S. The molecule has 2 aromatic rings. The van der Waals surface area contributed by atoms with Crippen LogP contribution in [-0.4, -0.2) is 51.1 Å². The molecule has 0 spiro atoms. The zero-order chi connectivity index (χ0) is 32.9. The molecule has 5 N–H and O–H groups in total. The molecule has 2 atom stereocenters. The van der Waals surface area contributed by atoms with E-state index in [1.807, 2.05) is 26.8 Å². The third-order valence-electron chi connectivity index (χ3n) is 7.07. The summed E-state index contributed by atoms with van der Waals surface area (Å²) >= 11 is 0. The highest BCUT2D eigenvalue weighted by Gasteiger charge is 2.43. The lowest BCUT2D eigenvalue weighted by atomic mass is 9.75. The standard InChI is InChI=1S/C27H39NO12P2S/c1-7-21(23-10-9-20(15-16(23)3)39-18(5)29)22(8-2)24-11-12-25(40-19(6)30)27(17(24)4)28-43(37,38)14-13-26(41(31,32)33)42(34,35)36/h9-12,15,21-22,26,28H,7-8,13-14H2,1-6H3,(H2,31,32,33)(H2,34,35,36). The van der Waals surface area contributed by atoms with Crippen LogP contribution in [0.2, 0.25) is 0 Å². The quantitative estimate of drug-likeness (QED) is 0.106. The monoisotopic (exact) mass is 663 g/mol. The van der Waals surface area contributed by atoms with Crippen LogP contribution < -0.4 is 14.2 Å². The van der Waals surface area contributed by atoms with Crippen molar-refractivity contribution in [2.24, 2.45) is 0 Å². The molecule has 2 unspecified atom stereocenters. The van der Waals surface area contributed by atoms with E-state index in [1.165, 1.54) is 13.0 Å². The van der Waals surface area contributed by atoms with Gasteiger partial charge in [-0.2, -0.15) is 0 Å². The molecule has 0 fully saturated rings. The van der Waals surface area contributed by atoms with Gasteiger partial charge in [0.1, 0.15) is 5.75 Å². The molecule has 2 aromatic carbocycles. The van der Waals surface area contributed by atoms with Crippen molar-refractivity contribution in [1.82, 2.24) is 0 Å². The Hall–Kier alpha value is -2.57. The van der Waals surface area contributed by atoms with Crippen LogP contribution in [0.15, 0.2) is 30.3 Å². The van der Waals surface area contributed by atoms with Gasteiger partial charge < -0.3 is 29.0 Å². The predicted octanol–water partition coefficient (Wildman–Crippen LogP) is 4.65. The fraction of sp³-hybridized carbons (Fsp3) is 0.481. The van der Waals surface area contributed by atoms with Gasteiger partial charge in [-0.3, -0.25) is 23.4 Å². The normalized spacial score (nSPS) is 13.8. The molecule has 0 bridgehead atoms. The first kappa shape index (κ1) is 36.6. The van der Waals surface area contributed by atoms with Gasteiger partial charge in [0.2, 0.25) is 10.0 Å². The Labute approximate surface area is 251 Å². The van der Waals surface area contributed by atoms with Gasteiger partial charge in [-0.25, -0.2) is 8.42 Å². The molecule has 0 heterocycles. The van der Waals surface area contributed by atoms with Gasteiger partial charge in [-0.1, -0.05) is 26.0 Å². The second-order valence-corrected chi connectivity index (χ2v) is 16.1. The van der Waals surface area contributed by atoms with E-state index < -0.39 is 54.7 Å². The number of benzene rings is 2.